The summed E-state index contributed by atoms with van der Waals surface area (Å²) in [4.78, 5) is 23.0. The summed E-state index contributed by atoms with van der Waals surface area (Å²) in [5.74, 6) is 1.25. The Balaban J connectivity index is 1.53. The fourth-order valence-corrected chi connectivity index (χ4v) is 3.44. The number of rotatable bonds is 4. The molecule has 3 heterocycles. The number of nitrogens with zero attached hydrogens (tertiary/aromatic N) is 4. The molecule has 0 atom stereocenters. The van der Waals surface area contributed by atoms with E-state index in [1.165, 1.54) is 11.5 Å². The Bertz CT molecular complexity index is 650. The number of aromatic nitrogens is 3. The number of piperidine rings is 1. The van der Waals surface area contributed by atoms with Crippen molar-refractivity contribution in [3.63, 3.8) is 0 Å². The Labute approximate surface area is 140 Å². The van der Waals surface area contributed by atoms with Crippen molar-refractivity contribution in [1.82, 2.24) is 19.7 Å². The van der Waals surface area contributed by atoms with Crippen molar-refractivity contribution in [3.05, 3.63) is 35.9 Å². The summed E-state index contributed by atoms with van der Waals surface area (Å²) in [5, 5.41) is 4.10. The predicted molar refractivity (Wildman–Crippen MR) is 90.9 cm³/mol. The van der Waals surface area contributed by atoms with Crippen molar-refractivity contribution in [2.75, 3.05) is 18.0 Å². The molecule has 0 radical (unpaired) electrons. The van der Waals surface area contributed by atoms with Gasteiger partial charge in [0.05, 0.1) is 0 Å². The smallest absolute Gasteiger partial charge is 0.251 e. The summed E-state index contributed by atoms with van der Waals surface area (Å²) in [6.45, 7) is 6.00. The number of carbonyl (C=O) groups excluding carboxylic acids is 1. The van der Waals surface area contributed by atoms with Gasteiger partial charge in [-0.2, -0.15) is 4.37 Å². The lowest BCUT2D eigenvalue weighted by atomic mass is 10.0. The van der Waals surface area contributed by atoms with Gasteiger partial charge in [-0.3, -0.25) is 9.78 Å². The van der Waals surface area contributed by atoms with Crippen LogP contribution in [0, 0.1) is 0 Å². The van der Waals surface area contributed by atoms with Crippen molar-refractivity contribution in [2.45, 2.75) is 38.6 Å². The van der Waals surface area contributed by atoms with Gasteiger partial charge < -0.3 is 10.2 Å². The zero-order chi connectivity index (χ0) is 16.2. The van der Waals surface area contributed by atoms with Crippen molar-refractivity contribution in [3.8, 4) is 0 Å². The highest BCUT2D eigenvalue weighted by Gasteiger charge is 2.23. The van der Waals surface area contributed by atoms with Crippen LogP contribution < -0.4 is 10.2 Å². The van der Waals surface area contributed by atoms with Crippen LogP contribution in [0.5, 0.6) is 0 Å². The molecule has 1 aliphatic heterocycles. The summed E-state index contributed by atoms with van der Waals surface area (Å²) in [6.07, 6.45) is 5.12. The molecule has 6 nitrogen and oxygen atoms in total. The molecule has 1 saturated heterocycles. The van der Waals surface area contributed by atoms with Crippen LogP contribution in [-0.2, 0) is 0 Å². The molecule has 122 valence electrons. The lowest BCUT2D eigenvalue weighted by Crippen LogP contribution is -2.44. The number of hydrogen-bond acceptors (Lipinski definition) is 6. The highest BCUT2D eigenvalue weighted by Crippen LogP contribution is 2.24. The summed E-state index contributed by atoms with van der Waals surface area (Å²) in [5.41, 5.74) is 0.660. The second-order valence-corrected chi connectivity index (χ2v) is 6.79. The molecule has 0 aliphatic carbocycles. The van der Waals surface area contributed by atoms with Crippen molar-refractivity contribution >= 4 is 22.6 Å². The third-order valence-corrected chi connectivity index (χ3v) is 4.78. The SMILES string of the molecule is CC(C)c1nsc(N2CCC(NC(=O)c3ccncc3)CC2)n1. The van der Waals surface area contributed by atoms with Crippen molar-refractivity contribution < 1.29 is 4.79 Å². The molecule has 0 unspecified atom stereocenters. The summed E-state index contributed by atoms with van der Waals surface area (Å²) in [6, 6.07) is 3.68. The first-order valence-corrected chi connectivity index (χ1v) is 8.70. The van der Waals surface area contributed by atoms with Gasteiger partial charge in [-0.1, -0.05) is 13.8 Å². The number of carbonyl (C=O) groups is 1. The Morgan fingerprint density at radius 1 is 1.30 bits per heavy atom. The lowest BCUT2D eigenvalue weighted by molar-refractivity contribution is 0.0931. The van der Waals surface area contributed by atoms with Crippen LogP contribution in [0.15, 0.2) is 24.5 Å². The number of nitrogens with one attached hydrogen (secondary N) is 1. The largest absolute Gasteiger partial charge is 0.349 e. The predicted octanol–water partition coefficient (Wildman–Crippen LogP) is 2.46. The molecule has 3 rings (SSSR count). The van der Waals surface area contributed by atoms with Gasteiger partial charge in [0.15, 0.2) is 0 Å². The van der Waals surface area contributed by atoms with Gasteiger partial charge >= 0.3 is 0 Å². The zero-order valence-corrected chi connectivity index (χ0v) is 14.2. The van der Waals surface area contributed by atoms with Gasteiger partial charge in [-0.25, -0.2) is 4.98 Å². The fourth-order valence-electron chi connectivity index (χ4n) is 2.58. The van der Waals surface area contributed by atoms with Crippen LogP contribution >= 0.6 is 11.5 Å². The summed E-state index contributed by atoms with van der Waals surface area (Å²) < 4.78 is 4.41. The Hall–Kier alpha value is -2.02. The third-order valence-electron chi connectivity index (χ3n) is 3.99. The average molecular weight is 331 g/mol. The molecular formula is C16H21N5OS. The minimum absolute atomic E-state index is 0.0242. The van der Waals surface area contributed by atoms with E-state index >= 15 is 0 Å². The summed E-state index contributed by atoms with van der Waals surface area (Å²) in [7, 11) is 0. The fraction of sp³-hybridized carbons (Fsp3) is 0.500. The van der Waals surface area contributed by atoms with Gasteiger partial charge in [0.2, 0.25) is 5.13 Å². The van der Waals surface area contributed by atoms with Crippen molar-refractivity contribution in [2.24, 2.45) is 0 Å². The number of amides is 1. The normalized spacial score (nSPS) is 15.9. The van der Waals surface area contributed by atoms with E-state index in [1.807, 2.05) is 0 Å². The molecular weight excluding hydrogens is 310 g/mol. The first-order valence-electron chi connectivity index (χ1n) is 7.93. The molecule has 1 amide bonds. The van der Waals surface area contributed by atoms with Crippen LogP contribution in [0.4, 0.5) is 5.13 Å². The molecule has 0 bridgehead atoms. The molecule has 0 spiro atoms. The molecule has 1 N–H and O–H groups in total. The van der Waals surface area contributed by atoms with Gasteiger partial charge in [0, 0.05) is 54.5 Å². The monoisotopic (exact) mass is 331 g/mol. The topological polar surface area (TPSA) is 71.0 Å². The van der Waals surface area contributed by atoms with Crippen LogP contribution in [0.25, 0.3) is 0 Å². The van der Waals surface area contributed by atoms with Crippen LogP contribution in [-0.4, -0.2) is 39.4 Å². The van der Waals surface area contributed by atoms with E-state index < -0.39 is 0 Å². The van der Waals surface area contributed by atoms with Gasteiger partial charge in [-0.05, 0) is 25.0 Å². The first kappa shape index (κ1) is 15.9. The van der Waals surface area contributed by atoms with Gasteiger partial charge in [-0.15, -0.1) is 0 Å². The quantitative estimate of drug-likeness (QED) is 0.932. The Morgan fingerprint density at radius 3 is 2.61 bits per heavy atom. The van der Waals surface area contributed by atoms with Gasteiger partial charge in [0.1, 0.15) is 5.82 Å². The highest BCUT2D eigenvalue weighted by molar-refractivity contribution is 7.09. The maximum atomic E-state index is 12.2. The standard InChI is InChI=1S/C16H21N5OS/c1-11(2)14-19-16(23-20-14)21-9-5-13(6-10-21)18-15(22)12-3-7-17-8-4-12/h3-4,7-8,11,13H,5-6,9-10H2,1-2H3,(H,18,22). The average Bonchev–Trinajstić information content (AvgIpc) is 3.07. The van der Waals surface area contributed by atoms with Gasteiger partial charge in [0.25, 0.3) is 5.91 Å². The minimum atomic E-state index is -0.0242. The van der Waals surface area contributed by atoms with E-state index in [0.717, 1.165) is 36.9 Å². The van der Waals surface area contributed by atoms with E-state index in [2.05, 4.69) is 38.4 Å². The molecule has 0 saturated carbocycles. The molecule has 23 heavy (non-hydrogen) atoms. The number of hydrogen-bond donors (Lipinski definition) is 1. The molecule has 7 heteroatoms. The second kappa shape index (κ2) is 7.04. The maximum absolute atomic E-state index is 12.2. The zero-order valence-electron chi connectivity index (χ0n) is 13.4. The second-order valence-electron chi connectivity index (χ2n) is 6.06. The van der Waals surface area contributed by atoms with E-state index in [1.54, 1.807) is 24.5 Å². The van der Waals surface area contributed by atoms with Crippen LogP contribution in [0.2, 0.25) is 0 Å². The van der Waals surface area contributed by atoms with E-state index in [0.29, 0.717) is 11.5 Å². The molecule has 2 aromatic rings. The molecule has 2 aromatic heterocycles. The number of pyridine rings is 1. The van der Waals surface area contributed by atoms with Crippen molar-refractivity contribution in [1.29, 1.82) is 0 Å². The molecule has 1 fully saturated rings. The third kappa shape index (κ3) is 3.85. The van der Waals surface area contributed by atoms with Crippen LogP contribution in [0.3, 0.4) is 0 Å². The Morgan fingerprint density at radius 2 is 2.00 bits per heavy atom. The summed E-state index contributed by atoms with van der Waals surface area (Å²) >= 11 is 1.47. The minimum Gasteiger partial charge on any atom is -0.349 e. The Kier molecular flexibility index (Phi) is 4.85. The van der Waals surface area contributed by atoms with E-state index in [4.69, 9.17) is 0 Å². The first-order chi connectivity index (χ1) is 11.1. The highest BCUT2D eigenvalue weighted by atomic mass is 32.1. The maximum Gasteiger partial charge on any atom is 0.251 e. The van der Waals surface area contributed by atoms with E-state index in [-0.39, 0.29) is 11.9 Å². The lowest BCUT2D eigenvalue weighted by Gasteiger charge is -2.31. The molecule has 0 aromatic carbocycles. The van der Waals surface area contributed by atoms with E-state index in [9.17, 15) is 4.79 Å². The number of anilines is 1. The van der Waals surface area contributed by atoms with Crippen LogP contribution in [0.1, 0.15) is 48.8 Å². The molecule has 1 aliphatic rings.